The number of nitrogens with one attached hydrogen (secondary N) is 1. The Balaban J connectivity index is 1.48. The maximum atomic E-state index is 12.7. The van der Waals surface area contributed by atoms with Gasteiger partial charge in [0.25, 0.3) is 0 Å². The number of rotatable bonds is 6. The number of benzene rings is 2. The Morgan fingerprint density at radius 3 is 2.30 bits per heavy atom. The minimum Gasteiger partial charge on any atom is -0.265 e. The van der Waals surface area contributed by atoms with E-state index in [0.717, 1.165) is 27.9 Å². The van der Waals surface area contributed by atoms with Crippen LogP contribution in [0.2, 0.25) is 5.02 Å². The van der Waals surface area contributed by atoms with Gasteiger partial charge >= 0.3 is 0 Å². The van der Waals surface area contributed by atoms with Crippen molar-refractivity contribution >= 4 is 21.6 Å². The van der Waals surface area contributed by atoms with Crippen LogP contribution in [0.3, 0.4) is 0 Å². The van der Waals surface area contributed by atoms with E-state index in [0.29, 0.717) is 5.02 Å². The second-order valence-corrected chi connectivity index (χ2v) is 8.85. The molecule has 4 aromatic rings. The first-order valence-corrected chi connectivity index (χ1v) is 11.1. The number of nitrogens with zero attached hydrogens (tertiary/aromatic N) is 2. The van der Waals surface area contributed by atoms with Gasteiger partial charge in [-0.25, -0.2) is 13.1 Å². The molecule has 0 atom stereocenters. The predicted octanol–water partition coefficient (Wildman–Crippen LogP) is 4.94. The lowest BCUT2D eigenvalue weighted by Crippen LogP contribution is -2.23. The fourth-order valence-electron chi connectivity index (χ4n) is 3.02. The smallest absolute Gasteiger partial charge is 0.240 e. The molecular weight excluding hydrogens is 418 g/mol. The Labute approximate surface area is 180 Å². The largest absolute Gasteiger partial charge is 0.265 e. The summed E-state index contributed by atoms with van der Waals surface area (Å²) in [4.78, 5) is 8.55. The summed E-state index contributed by atoms with van der Waals surface area (Å²) in [7, 11) is -3.65. The topological polar surface area (TPSA) is 72.0 Å². The van der Waals surface area contributed by atoms with Crippen molar-refractivity contribution in [3.05, 3.63) is 102 Å². The third-order valence-corrected chi connectivity index (χ3v) is 6.24. The van der Waals surface area contributed by atoms with Gasteiger partial charge in [-0.3, -0.25) is 9.97 Å². The van der Waals surface area contributed by atoms with Crippen molar-refractivity contribution in [2.45, 2.75) is 11.4 Å². The first-order valence-electron chi connectivity index (χ1n) is 9.22. The summed E-state index contributed by atoms with van der Waals surface area (Å²) in [6, 6.07) is 21.5. The average Bonchev–Trinajstić information content (AvgIpc) is 2.79. The normalized spacial score (nSPS) is 11.4. The molecule has 0 radical (unpaired) electrons. The second-order valence-electron chi connectivity index (χ2n) is 6.64. The van der Waals surface area contributed by atoms with Gasteiger partial charge in [0.05, 0.1) is 10.6 Å². The second kappa shape index (κ2) is 8.75. The van der Waals surface area contributed by atoms with Crippen molar-refractivity contribution in [3.8, 4) is 22.4 Å². The van der Waals surface area contributed by atoms with Gasteiger partial charge in [-0.1, -0.05) is 35.9 Å². The van der Waals surface area contributed by atoms with E-state index in [1.54, 1.807) is 55.0 Å². The van der Waals surface area contributed by atoms with Crippen molar-refractivity contribution in [2.24, 2.45) is 0 Å². The maximum absolute atomic E-state index is 12.7. The Bertz CT molecular complexity index is 1260. The molecular formula is C23H18ClN3O2S. The van der Waals surface area contributed by atoms with Crippen LogP contribution in [0, 0.1) is 0 Å². The summed E-state index contributed by atoms with van der Waals surface area (Å²) >= 11 is 6.03. The van der Waals surface area contributed by atoms with E-state index < -0.39 is 10.0 Å². The molecule has 2 heterocycles. The minimum atomic E-state index is -3.65. The van der Waals surface area contributed by atoms with Gasteiger partial charge in [0.15, 0.2) is 0 Å². The molecule has 0 bridgehead atoms. The highest BCUT2D eigenvalue weighted by atomic mass is 35.5. The summed E-state index contributed by atoms with van der Waals surface area (Å²) in [5.74, 6) is 0. The van der Waals surface area contributed by atoms with Crippen LogP contribution in [0.5, 0.6) is 0 Å². The summed E-state index contributed by atoms with van der Waals surface area (Å²) in [6.45, 7) is 0.166. The van der Waals surface area contributed by atoms with E-state index in [-0.39, 0.29) is 11.4 Å². The van der Waals surface area contributed by atoms with Crippen LogP contribution in [0.1, 0.15) is 5.56 Å². The summed E-state index contributed by atoms with van der Waals surface area (Å²) < 4.78 is 28.1. The molecule has 2 aromatic heterocycles. The molecule has 5 nitrogen and oxygen atoms in total. The Hall–Kier alpha value is -3.06. The molecule has 30 heavy (non-hydrogen) atoms. The van der Waals surface area contributed by atoms with E-state index in [1.165, 1.54) is 0 Å². The standard InChI is InChI=1S/C23H18ClN3O2S/c24-21-3-1-2-20(15-21)18-4-6-22(7-5-18)30(28,29)27-16-17-8-13-26-23(14-17)19-9-11-25-12-10-19/h1-15,27H,16H2. The Morgan fingerprint density at radius 2 is 1.57 bits per heavy atom. The van der Waals surface area contributed by atoms with Crippen molar-refractivity contribution < 1.29 is 8.42 Å². The summed E-state index contributed by atoms with van der Waals surface area (Å²) in [5, 5.41) is 0.634. The molecule has 0 unspecified atom stereocenters. The van der Waals surface area contributed by atoms with Gasteiger partial charge in [0.1, 0.15) is 0 Å². The summed E-state index contributed by atoms with van der Waals surface area (Å²) in [6.07, 6.45) is 5.05. The lowest BCUT2D eigenvalue weighted by molar-refractivity contribution is 0.581. The highest BCUT2D eigenvalue weighted by molar-refractivity contribution is 7.89. The fourth-order valence-corrected chi connectivity index (χ4v) is 4.23. The molecule has 2 aromatic carbocycles. The first kappa shape index (κ1) is 20.2. The zero-order valence-electron chi connectivity index (χ0n) is 15.9. The molecule has 7 heteroatoms. The SMILES string of the molecule is O=S(=O)(NCc1ccnc(-c2ccncc2)c1)c1ccc(-c2cccc(Cl)c2)cc1. The molecule has 0 amide bonds. The van der Waals surface area contributed by atoms with E-state index >= 15 is 0 Å². The lowest BCUT2D eigenvalue weighted by Gasteiger charge is -2.09. The van der Waals surface area contributed by atoms with Gasteiger partial charge in [-0.2, -0.15) is 0 Å². The predicted molar refractivity (Wildman–Crippen MR) is 118 cm³/mol. The van der Waals surface area contributed by atoms with Crippen LogP contribution in [-0.4, -0.2) is 18.4 Å². The van der Waals surface area contributed by atoms with Crippen LogP contribution in [0.4, 0.5) is 0 Å². The number of halogens is 1. The van der Waals surface area contributed by atoms with Crippen molar-refractivity contribution in [1.29, 1.82) is 0 Å². The van der Waals surface area contributed by atoms with Crippen LogP contribution >= 0.6 is 11.6 Å². The molecule has 0 fully saturated rings. The molecule has 0 saturated carbocycles. The number of sulfonamides is 1. The van der Waals surface area contributed by atoms with E-state index in [9.17, 15) is 8.42 Å². The molecule has 0 aliphatic carbocycles. The number of hydrogen-bond acceptors (Lipinski definition) is 4. The Kier molecular flexibility index (Phi) is 5.90. The van der Waals surface area contributed by atoms with Crippen molar-refractivity contribution in [1.82, 2.24) is 14.7 Å². The van der Waals surface area contributed by atoms with Gasteiger partial charge in [-0.15, -0.1) is 0 Å². The van der Waals surface area contributed by atoms with Gasteiger partial charge in [0, 0.05) is 35.7 Å². The van der Waals surface area contributed by atoms with Crippen LogP contribution in [-0.2, 0) is 16.6 Å². The Morgan fingerprint density at radius 1 is 0.800 bits per heavy atom. The molecule has 0 aliphatic rings. The van der Waals surface area contributed by atoms with Gasteiger partial charge in [-0.05, 0) is 65.2 Å². The van der Waals surface area contributed by atoms with E-state index in [4.69, 9.17) is 11.6 Å². The molecule has 1 N–H and O–H groups in total. The van der Waals surface area contributed by atoms with E-state index in [1.807, 2.05) is 36.4 Å². The fraction of sp³-hybridized carbons (Fsp3) is 0.0435. The monoisotopic (exact) mass is 435 g/mol. The van der Waals surface area contributed by atoms with E-state index in [2.05, 4.69) is 14.7 Å². The molecule has 0 spiro atoms. The highest BCUT2D eigenvalue weighted by Crippen LogP contribution is 2.24. The quantitative estimate of drug-likeness (QED) is 0.465. The number of hydrogen-bond donors (Lipinski definition) is 1. The van der Waals surface area contributed by atoms with Crippen LogP contribution in [0.25, 0.3) is 22.4 Å². The molecule has 150 valence electrons. The number of pyridine rings is 2. The molecule has 0 aliphatic heterocycles. The average molecular weight is 436 g/mol. The molecule has 4 rings (SSSR count). The highest BCUT2D eigenvalue weighted by Gasteiger charge is 2.14. The summed E-state index contributed by atoms with van der Waals surface area (Å²) in [5.41, 5.74) is 4.33. The lowest BCUT2D eigenvalue weighted by atomic mass is 10.1. The van der Waals surface area contributed by atoms with Crippen LogP contribution in [0.15, 0.2) is 96.3 Å². The minimum absolute atomic E-state index is 0.166. The van der Waals surface area contributed by atoms with Gasteiger partial charge in [0.2, 0.25) is 10.0 Å². The zero-order chi connectivity index (χ0) is 21.0. The van der Waals surface area contributed by atoms with Crippen molar-refractivity contribution in [3.63, 3.8) is 0 Å². The van der Waals surface area contributed by atoms with Crippen molar-refractivity contribution in [2.75, 3.05) is 0 Å². The zero-order valence-corrected chi connectivity index (χ0v) is 17.4. The molecule has 0 saturated heterocycles. The first-order chi connectivity index (χ1) is 14.5. The van der Waals surface area contributed by atoms with Crippen LogP contribution < -0.4 is 4.72 Å². The number of aromatic nitrogens is 2. The van der Waals surface area contributed by atoms with Gasteiger partial charge < -0.3 is 0 Å². The third kappa shape index (κ3) is 4.74. The maximum Gasteiger partial charge on any atom is 0.240 e. The third-order valence-electron chi connectivity index (χ3n) is 4.59.